The molecule has 0 unspecified atom stereocenters. The van der Waals surface area contributed by atoms with Crippen LogP contribution in [0.2, 0.25) is 0 Å². The first-order chi connectivity index (χ1) is 10.2. The van der Waals surface area contributed by atoms with E-state index >= 15 is 0 Å². The highest BCUT2D eigenvalue weighted by Gasteiger charge is 2.17. The van der Waals surface area contributed by atoms with Crippen LogP contribution in [0.3, 0.4) is 0 Å². The number of methoxy groups -OCH3 is 1. The van der Waals surface area contributed by atoms with E-state index in [1.807, 2.05) is 0 Å². The number of ether oxygens (including phenoxy) is 2. The second-order valence-electron chi connectivity index (χ2n) is 4.17. The molecule has 0 aliphatic carbocycles. The van der Waals surface area contributed by atoms with Crippen LogP contribution >= 0.6 is 0 Å². The molecule has 0 radical (unpaired) electrons. The first-order valence-electron chi connectivity index (χ1n) is 6.41. The maximum atomic E-state index is 12.0. The van der Waals surface area contributed by atoms with Crippen molar-refractivity contribution in [1.29, 1.82) is 5.26 Å². The van der Waals surface area contributed by atoms with Crippen molar-refractivity contribution in [2.24, 2.45) is 0 Å². The maximum Gasteiger partial charge on any atom is 0.340 e. The van der Waals surface area contributed by atoms with Gasteiger partial charge in [0, 0.05) is 23.5 Å². The molecular weight excluding hydrogens is 268 g/mol. The Bertz CT molecular complexity index is 705. The molecule has 0 N–H and O–H groups in total. The zero-order valence-electron chi connectivity index (χ0n) is 11.8. The largest absolute Gasteiger partial charge is 0.496 e. The van der Waals surface area contributed by atoms with Crippen LogP contribution in [0.5, 0.6) is 5.75 Å². The molecule has 0 saturated heterocycles. The number of rotatable bonds is 4. The van der Waals surface area contributed by atoms with E-state index in [0.717, 1.165) is 0 Å². The minimum absolute atomic E-state index is 0.280. The predicted octanol–water partition coefficient (Wildman–Crippen LogP) is 2.81. The molecule has 5 heteroatoms. The van der Waals surface area contributed by atoms with E-state index in [1.165, 1.54) is 13.3 Å². The van der Waals surface area contributed by atoms with Crippen molar-refractivity contribution in [2.75, 3.05) is 13.7 Å². The van der Waals surface area contributed by atoms with Gasteiger partial charge >= 0.3 is 5.97 Å². The fourth-order valence-corrected chi connectivity index (χ4v) is 1.99. The number of hydrogen-bond donors (Lipinski definition) is 0. The summed E-state index contributed by atoms with van der Waals surface area (Å²) in [6.45, 7) is 2.02. The molecule has 0 spiro atoms. The van der Waals surface area contributed by atoms with Crippen molar-refractivity contribution in [3.05, 3.63) is 47.8 Å². The molecule has 0 bridgehead atoms. The quantitative estimate of drug-likeness (QED) is 0.806. The highest BCUT2D eigenvalue weighted by molar-refractivity contribution is 5.97. The molecule has 1 aromatic heterocycles. The van der Waals surface area contributed by atoms with Crippen molar-refractivity contribution in [2.45, 2.75) is 6.92 Å². The summed E-state index contributed by atoms with van der Waals surface area (Å²) in [5.41, 5.74) is 2.10. The third-order valence-electron chi connectivity index (χ3n) is 2.94. The fourth-order valence-electron chi connectivity index (χ4n) is 1.99. The van der Waals surface area contributed by atoms with E-state index in [1.54, 1.807) is 37.4 Å². The van der Waals surface area contributed by atoms with E-state index in [0.29, 0.717) is 28.0 Å². The Labute approximate surface area is 122 Å². The van der Waals surface area contributed by atoms with Crippen LogP contribution in [0.25, 0.3) is 11.1 Å². The number of carbonyl (C=O) groups excluding carboxylic acids is 1. The average molecular weight is 282 g/mol. The number of esters is 1. The number of aromatic nitrogens is 1. The van der Waals surface area contributed by atoms with Crippen molar-refractivity contribution in [3.63, 3.8) is 0 Å². The summed E-state index contributed by atoms with van der Waals surface area (Å²) in [7, 11) is 1.54. The van der Waals surface area contributed by atoms with Gasteiger partial charge in [0.15, 0.2) is 0 Å². The SMILES string of the molecule is CCOC(=O)c1cnccc1-c1cc(C#N)ccc1OC. The summed E-state index contributed by atoms with van der Waals surface area (Å²) in [5, 5.41) is 9.04. The number of hydrogen-bond acceptors (Lipinski definition) is 5. The number of carbonyl (C=O) groups is 1. The molecule has 0 aliphatic heterocycles. The molecule has 1 aromatic carbocycles. The van der Waals surface area contributed by atoms with Crippen LogP contribution in [0.15, 0.2) is 36.7 Å². The lowest BCUT2D eigenvalue weighted by atomic mass is 9.99. The Balaban J connectivity index is 2.62. The van der Waals surface area contributed by atoms with Crippen LogP contribution in [0.1, 0.15) is 22.8 Å². The molecule has 1 heterocycles. The highest BCUT2D eigenvalue weighted by atomic mass is 16.5. The standard InChI is InChI=1S/C16H14N2O3/c1-3-21-16(19)14-10-18-7-6-12(14)13-8-11(9-17)4-5-15(13)20-2/h4-8,10H,3H2,1-2H3. The smallest absolute Gasteiger partial charge is 0.340 e. The van der Waals surface area contributed by atoms with Crippen LogP contribution in [0, 0.1) is 11.3 Å². The third kappa shape index (κ3) is 3.00. The predicted molar refractivity (Wildman–Crippen MR) is 76.9 cm³/mol. The van der Waals surface area contributed by atoms with Crippen molar-refractivity contribution < 1.29 is 14.3 Å². The molecule has 106 valence electrons. The Kier molecular flexibility index (Phi) is 4.52. The number of nitrogens with zero attached hydrogens (tertiary/aromatic N) is 2. The summed E-state index contributed by atoms with van der Waals surface area (Å²) in [6, 6.07) is 8.81. The summed E-state index contributed by atoms with van der Waals surface area (Å²) < 4.78 is 10.3. The minimum Gasteiger partial charge on any atom is -0.496 e. The fraction of sp³-hybridized carbons (Fsp3) is 0.188. The van der Waals surface area contributed by atoms with Crippen LogP contribution < -0.4 is 4.74 Å². The van der Waals surface area contributed by atoms with Gasteiger partial charge < -0.3 is 9.47 Å². The first-order valence-corrected chi connectivity index (χ1v) is 6.41. The molecule has 2 aromatic rings. The Morgan fingerprint density at radius 3 is 2.81 bits per heavy atom. The highest BCUT2D eigenvalue weighted by Crippen LogP contribution is 2.33. The Hall–Kier alpha value is -2.87. The van der Waals surface area contributed by atoms with Gasteiger partial charge in [-0.15, -0.1) is 0 Å². The van der Waals surface area contributed by atoms with Crippen LogP contribution in [0.4, 0.5) is 0 Å². The summed E-state index contributed by atoms with van der Waals surface area (Å²) >= 11 is 0. The molecule has 0 aliphatic rings. The van der Waals surface area contributed by atoms with E-state index in [4.69, 9.17) is 14.7 Å². The topological polar surface area (TPSA) is 72.2 Å². The number of nitriles is 1. The van der Waals surface area contributed by atoms with Crippen molar-refractivity contribution in [1.82, 2.24) is 4.98 Å². The Morgan fingerprint density at radius 2 is 2.14 bits per heavy atom. The lowest BCUT2D eigenvalue weighted by molar-refractivity contribution is 0.0527. The van der Waals surface area contributed by atoms with Gasteiger partial charge in [-0.3, -0.25) is 4.98 Å². The van der Waals surface area contributed by atoms with Crippen LogP contribution in [-0.4, -0.2) is 24.7 Å². The lowest BCUT2D eigenvalue weighted by Gasteiger charge is -2.12. The van der Waals surface area contributed by atoms with E-state index < -0.39 is 5.97 Å². The van der Waals surface area contributed by atoms with Gasteiger partial charge in [0.25, 0.3) is 0 Å². The minimum atomic E-state index is -0.454. The third-order valence-corrected chi connectivity index (χ3v) is 2.94. The molecule has 5 nitrogen and oxygen atoms in total. The van der Waals surface area contributed by atoms with Gasteiger partial charge in [-0.2, -0.15) is 5.26 Å². The Morgan fingerprint density at radius 1 is 1.33 bits per heavy atom. The van der Waals surface area contributed by atoms with Crippen molar-refractivity contribution >= 4 is 5.97 Å². The first kappa shape index (κ1) is 14.5. The van der Waals surface area contributed by atoms with Crippen molar-refractivity contribution in [3.8, 4) is 22.9 Å². The van der Waals surface area contributed by atoms with Crippen LogP contribution in [-0.2, 0) is 4.74 Å². The van der Waals surface area contributed by atoms with Gasteiger partial charge in [0.05, 0.1) is 30.9 Å². The second kappa shape index (κ2) is 6.53. The van der Waals surface area contributed by atoms with Gasteiger partial charge in [-0.25, -0.2) is 4.79 Å². The average Bonchev–Trinajstić information content (AvgIpc) is 2.54. The lowest BCUT2D eigenvalue weighted by Crippen LogP contribution is -2.07. The zero-order chi connectivity index (χ0) is 15.2. The second-order valence-corrected chi connectivity index (χ2v) is 4.17. The van der Waals surface area contributed by atoms with Gasteiger partial charge in [0.2, 0.25) is 0 Å². The molecule has 0 fully saturated rings. The number of benzene rings is 1. The molecule has 0 amide bonds. The summed E-state index contributed by atoms with van der Waals surface area (Å²) in [6.07, 6.45) is 3.03. The van der Waals surface area contributed by atoms with Gasteiger partial charge in [0.1, 0.15) is 5.75 Å². The maximum absolute atomic E-state index is 12.0. The molecule has 0 atom stereocenters. The van der Waals surface area contributed by atoms with E-state index in [9.17, 15) is 4.79 Å². The molecule has 21 heavy (non-hydrogen) atoms. The van der Waals surface area contributed by atoms with E-state index in [2.05, 4.69) is 11.1 Å². The molecular formula is C16H14N2O3. The normalized spacial score (nSPS) is 9.76. The summed E-state index contributed by atoms with van der Waals surface area (Å²) in [4.78, 5) is 16.0. The molecule has 2 rings (SSSR count). The summed E-state index contributed by atoms with van der Waals surface area (Å²) in [5.74, 6) is 0.121. The van der Waals surface area contributed by atoms with Gasteiger partial charge in [-0.1, -0.05) is 0 Å². The zero-order valence-corrected chi connectivity index (χ0v) is 11.8. The molecule has 0 saturated carbocycles. The number of pyridine rings is 1. The monoisotopic (exact) mass is 282 g/mol. The van der Waals surface area contributed by atoms with Gasteiger partial charge in [-0.05, 0) is 31.2 Å². The van der Waals surface area contributed by atoms with E-state index in [-0.39, 0.29) is 6.61 Å².